The summed E-state index contributed by atoms with van der Waals surface area (Å²) in [4.78, 5) is 21.8. The molecule has 49 heavy (non-hydrogen) atoms. The SMILES string of the molecule is Cc1nnc2n1-c1ccc(-c3cnn(CCCCOCCN4CCN(C(=O)OC(C)(C)C)CC4)c3)cc1C(c1ccc(Cl)cc1)=NC21CC1. The highest BCUT2D eigenvalue weighted by Gasteiger charge is 2.51. The maximum Gasteiger partial charge on any atom is 0.410 e. The van der Waals surface area contributed by atoms with Gasteiger partial charge in [-0.15, -0.1) is 10.2 Å². The molecule has 0 radical (unpaired) electrons. The van der Waals surface area contributed by atoms with E-state index in [2.05, 4.69) is 49.2 Å². The summed E-state index contributed by atoms with van der Waals surface area (Å²) in [5.41, 5.74) is 5.40. The largest absolute Gasteiger partial charge is 0.444 e. The highest BCUT2D eigenvalue weighted by Crippen LogP contribution is 2.51. The monoisotopic (exact) mass is 684 g/mol. The number of piperazine rings is 1. The molecule has 0 N–H and O–H groups in total. The predicted octanol–water partition coefficient (Wildman–Crippen LogP) is 6.28. The Morgan fingerprint density at radius 2 is 1.67 bits per heavy atom. The van der Waals surface area contributed by atoms with Crippen LogP contribution in [0.25, 0.3) is 16.8 Å². The molecule has 0 atom stereocenters. The number of hydrogen-bond donors (Lipinski definition) is 0. The molecular weight excluding hydrogens is 640 g/mol. The van der Waals surface area contributed by atoms with Gasteiger partial charge in [0, 0.05) is 73.8 Å². The van der Waals surface area contributed by atoms with Crippen LogP contribution in [0.2, 0.25) is 5.02 Å². The third-order valence-corrected chi connectivity index (χ3v) is 9.62. The average Bonchev–Trinajstić information content (AvgIpc) is 3.55. The van der Waals surface area contributed by atoms with Crippen LogP contribution in [-0.2, 0) is 21.6 Å². The number of unbranched alkanes of at least 4 members (excludes halogenated alkanes) is 1. The first kappa shape index (κ1) is 33.4. The number of aliphatic imine (C=N–C) groups is 1. The van der Waals surface area contributed by atoms with Crippen LogP contribution >= 0.6 is 11.6 Å². The zero-order valence-electron chi connectivity index (χ0n) is 28.9. The van der Waals surface area contributed by atoms with E-state index in [9.17, 15) is 4.79 Å². The van der Waals surface area contributed by atoms with Crippen molar-refractivity contribution >= 4 is 23.4 Å². The third kappa shape index (κ3) is 7.44. The predicted molar refractivity (Wildman–Crippen MR) is 190 cm³/mol. The van der Waals surface area contributed by atoms with Crippen molar-refractivity contribution in [1.29, 1.82) is 0 Å². The topological polar surface area (TPSA) is 103 Å². The highest BCUT2D eigenvalue weighted by molar-refractivity contribution is 6.30. The number of nitrogens with zero attached hydrogens (tertiary/aromatic N) is 8. The summed E-state index contributed by atoms with van der Waals surface area (Å²) in [6.45, 7) is 13.9. The van der Waals surface area contributed by atoms with Gasteiger partial charge < -0.3 is 14.4 Å². The summed E-state index contributed by atoms with van der Waals surface area (Å²) in [5, 5.41) is 14.4. The third-order valence-electron chi connectivity index (χ3n) is 9.37. The van der Waals surface area contributed by atoms with Crippen LogP contribution in [0.15, 0.2) is 59.9 Å². The van der Waals surface area contributed by atoms with Gasteiger partial charge in [-0.3, -0.25) is 19.1 Å². The number of fused-ring (bicyclic) bond motifs is 4. The molecule has 258 valence electrons. The van der Waals surface area contributed by atoms with Crippen LogP contribution in [0.5, 0.6) is 0 Å². The van der Waals surface area contributed by atoms with Gasteiger partial charge >= 0.3 is 6.09 Å². The van der Waals surface area contributed by atoms with E-state index in [1.165, 1.54) is 0 Å². The minimum absolute atomic E-state index is 0.226. The maximum absolute atomic E-state index is 12.3. The summed E-state index contributed by atoms with van der Waals surface area (Å²) >= 11 is 6.26. The second-order valence-electron chi connectivity index (χ2n) is 14.3. The second kappa shape index (κ2) is 13.7. The minimum Gasteiger partial charge on any atom is -0.444 e. The Kier molecular flexibility index (Phi) is 9.34. The number of halogens is 1. The first-order valence-electron chi connectivity index (χ1n) is 17.3. The van der Waals surface area contributed by atoms with Crippen LogP contribution in [0, 0.1) is 6.92 Å². The lowest BCUT2D eigenvalue weighted by Gasteiger charge is -2.35. The quantitative estimate of drug-likeness (QED) is 0.181. The van der Waals surface area contributed by atoms with Crippen LogP contribution < -0.4 is 0 Å². The van der Waals surface area contributed by atoms with Crippen molar-refractivity contribution in [2.24, 2.45) is 4.99 Å². The molecule has 1 saturated carbocycles. The molecule has 3 aliphatic rings. The summed E-state index contributed by atoms with van der Waals surface area (Å²) in [7, 11) is 0. The molecule has 0 unspecified atom stereocenters. The van der Waals surface area contributed by atoms with E-state index in [-0.39, 0.29) is 11.6 Å². The normalized spacial score (nSPS) is 17.0. The number of benzene rings is 2. The van der Waals surface area contributed by atoms with Gasteiger partial charge in [0.2, 0.25) is 0 Å². The standard InChI is InChI=1S/C37H45ClN8O3/c1-26-41-42-34-37(13-14-37)40-33(27-7-10-30(38)11-8-27)31-23-28(9-12-32(31)46(26)34)29-24-39-45(25-29)15-5-6-21-48-22-20-43-16-18-44(19-17-43)35(47)49-36(2,3)4/h7-12,23-25H,5-6,13-22H2,1-4H3. The van der Waals surface area contributed by atoms with E-state index in [1.807, 2.05) is 62.8 Å². The fraction of sp³-hybridized carbons (Fsp3) is 0.486. The molecule has 2 fully saturated rings. The van der Waals surface area contributed by atoms with E-state index >= 15 is 0 Å². The Balaban J connectivity index is 0.934. The first-order valence-corrected chi connectivity index (χ1v) is 17.7. The highest BCUT2D eigenvalue weighted by atomic mass is 35.5. The molecular formula is C37H45ClN8O3. The Labute approximate surface area is 292 Å². The van der Waals surface area contributed by atoms with Crippen molar-refractivity contribution in [3.05, 3.63) is 82.7 Å². The van der Waals surface area contributed by atoms with Crippen LogP contribution in [0.4, 0.5) is 4.79 Å². The van der Waals surface area contributed by atoms with Crippen LogP contribution in [0.3, 0.4) is 0 Å². The van der Waals surface area contributed by atoms with Gasteiger partial charge in [0.25, 0.3) is 0 Å². The maximum atomic E-state index is 12.3. The lowest BCUT2D eigenvalue weighted by atomic mass is 9.96. The molecule has 2 aliphatic heterocycles. The smallest absolute Gasteiger partial charge is 0.410 e. The molecule has 2 aromatic carbocycles. The molecule has 0 bridgehead atoms. The van der Waals surface area contributed by atoms with Crippen molar-refractivity contribution < 1.29 is 14.3 Å². The zero-order valence-corrected chi connectivity index (χ0v) is 29.6. The fourth-order valence-corrected chi connectivity index (χ4v) is 6.67. The lowest BCUT2D eigenvalue weighted by Crippen LogP contribution is -2.50. The van der Waals surface area contributed by atoms with E-state index in [1.54, 1.807) is 4.90 Å². The number of aryl methyl sites for hydroxylation is 2. The van der Waals surface area contributed by atoms with E-state index in [0.29, 0.717) is 24.7 Å². The molecule has 12 heteroatoms. The lowest BCUT2D eigenvalue weighted by molar-refractivity contribution is 0.0115. The van der Waals surface area contributed by atoms with Crippen molar-refractivity contribution in [1.82, 2.24) is 34.3 Å². The van der Waals surface area contributed by atoms with Gasteiger partial charge in [-0.25, -0.2) is 4.79 Å². The van der Waals surface area contributed by atoms with Gasteiger partial charge in [-0.2, -0.15) is 5.10 Å². The summed E-state index contributed by atoms with van der Waals surface area (Å²) in [6, 6.07) is 14.5. The Morgan fingerprint density at radius 1 is 0.918 bits per heavy atom. The van der Waals surface area contributed by atoms with Crippen LogP contribution in [0.1, 0.15) is 69.2 Å². The van der Waals surface area contributed by atoms with Crippen molar-refractivity contribution in [2.75, 3.05) is 45.9 Å². The zero-order chi connectivity index (χ0) is 34.2. The molecule has 7 rings (SSSR count). The molecule has 1 spiro atoms. The number of ether oxygens (including phenoxy) is 2. The Bertz CT molecular complexity index is 1830. The molecule has 1 saturated heterocycles. The van der Waals surface area contributed by atoms with Crippen molar-refractivity contribution in [3.8, 4) is 16.8 Å². The minimum atomic E-state index is -0.466. The summed E-state index contributed by atoms with van der Waals surface area (Å²) in [6.07, 6.45) is 7.68. The van der Waals surface area contributed by atoms with Gasteiger partial charge in [0.1, 0.15) is 17.0 Å². The Morgan fingerprint density at radius 3 is 2.41 bits per heavy atom. The van der Waals surface area contributed by atoms with Gasteiger partial charge in [-0.05, 0) is 83.2 Å². The fourth-order valence-electron chi connectivity index (χ4n) is 6.55. The number of carbonyl (C=O) groups excluding carboxylic acids is 1. The van der Waals surface area contributed by atoms with E-state index in [4.69, 9.17) is 26.1 Å². The van der Waals surface area contributed by atoms with Gasteiger partial charge in [-0.1, -0.05) is 29.8 Å². The van der Waals surface area contributed by atoms with E-state index < -0.39 is 5.60 Å². The van der Waals surface area contributed by atoms with Gasteiger partial charge in [0.05, 0.1) is 24.2 Å². The molecule has 4 aromatic rings. The molecule has 1 amide bonds. The molecule has 11 nitrogen and oxygen atoms in total. The summed E-state index contributed by atoms with van der Waals surface area (Å²) < 4.78 is 15.6. The van der Waals surface area contributed by atoms with Crippen molar-refractivity contribution in [2.45, 2.75) is 71.1 Å². The second-order valence-corrected chi connectivity index (χ2v) is 14.7. The Hall–Kier alpha value is -4.06. The molecule has 1 aliphatic carbocycles. The first-order chi connectivity index (χ1) is 23.6. The number of carbonyl (C=O) groups is 1. The summed E-state index contributed by atoms with van der Waals surface area (Å²) in [5.74, 6) is 1.77. The van der Waals surface area contributed by atoms with Crippen molar-refractivity contribution in [3.63, 3.8) is 0 Å². The average molecular weight is 685 g/mol. The number of rotatable bonds is 10. The molecule has 4 heterocycles. The van der Waals surface area contributed by atoms with Gasteiger partial charge in [0.15, 0.2) is 5.82 Å². The number of amides is 1. The van der Waals surface area contributed by atoms with E-state index in [0.717, 1.165) is 104 Å². The van der Waals surface area contributed by atoms with Crippen LogP contribution in [-0.4, -0.2) is 97.7 Å². The molecule has 2 aromatic heterocycles. The number of aromatic nitrogens is 5. The number of hydrogen-bond acceptors (Lipinski definition) is 8.